The lowest BCUT2D eigenvalue weighted by Crippen LogP contribution is -2.40. The minimum absolute atomic E-state index is 0.0978. The molecule has 1 rings (SSSR count). The van der Waals surface area contributed by atoms with Crippen LogP contribution in [0.4, 0.5) is 4.79 Å². The Hall–Kier alpha value is -0.730. The summed E-state index contributed by atoms with van der Waals surface area (Å²) in [6.45, 7) is 7.82. The standard InChI is InChI=1S/C14H27NO2/c1-4-11-17-14(16)15(10-9-12(2)3)13-7-5-6-8-13/h12-13H,4-11H2,1-3H3. The third-order valence-electron chi connectivity index (χ3n) is 3.38. The molecule has 0 aromatic carbocycles. The minimum Gasteiger partial charge on any atom is -0.449 e. The maximum Gasteiger partial charge on any atom is 0.410 e. The van der Waals surface area contributed by atoms with Crippen molar-refractivity contribution in [3.05, 3.63) is 0 Å². The molecule has 0 unspecified atom stereocenters. The average molecular weight is 241 g/mol. The van der Waals surface area contributed by atoms with E-state index in [1.165, 1.54) is 12.8 Å². The smallest absolute Gasteiger partial charge is 0.410 e. The highest BCUT2D eigenvalue weighted by atomic mass is 16.6. The van der Waals surface area contributed by atoms with Gasteiger partial charge in [0.15, 0.2) is 0 Å². The molecular formula is C14H27NO2. The molecule has 100 valence electrons. The van der Waals surface area contributed by atoms with Gasteiger partial charge < -0.3 is 9.64 Å². The molecule has 0 radical (unpaired) electrons. The van der Waals surface area contributed by atoms with Gasteiger partial charge in [-0.1, -0.05) is 33.6 Å². The zero-order valence-electron chi connectivity index (χ0n) is 11.6. The number of hydrogen-bond donors (Lipinski definition) is 0. The Labute approximate surface area is 106 Å². The van der Waals surface area contributed by atoms with E-state index in [1.54, 1.807) is 0 Å². The van der Waals surface area contributed by atoms with E-state index < -0.39 is 0 Å². The predicted octanol–water partition coefficient (Wildman–Crippen LogP) is 3.82. The van der Waals surface area contributed by atoms with Crippen LogP contribution in [0.5, 0.6) is 0 Å². The molecule has 0 N–H and O–H groups in total. The van der Waals surface area contributed by atoms with Gasteiger partial charge in [0, 0.05) is 12.6 Å². The summed E-state index contributed by atoms with van der Waals surface area (Å²) < 4.78 is 5.29. The van der Waals surface area contributed by atoms with E-state index in [4.69, 9.17) is 4.74 Å². The second kappa shape index (κ2) is 7.57. The maximum atomic E-state index is 12.0. The van der Waals surface area contributed by atoms with E-state index in [0.29, 0.717) is 18.6 Å². The number of rotatable bonds is 6. The van der Waals surface area contributed by atoms with Crippen LogP contribution in [0.25, 0.3) is 0 Å². The number of hydrogen-bond acceptors (Lipinski definition) is 2. The van der Waals surface area contributed by atoms with E-state index in [2.05, 4.69) is 13.8 Å². The highest BCUT2D eigenvalue weighted by Gasteiger charge is 2.27. The predicted molar refractivity (Wildman–Crippen MR) is 70.1 cm³/mol. The Morgan fingerprint density at radius 1 is 1.35 bits per heavy atom. The summed E-state index contributed by atoms with van der Waals surface area (Å²) in [5.74, 6) is 0.637. The zero-order chi connectivity index (χ0) is 12.7. The van der Waals surface area contributed by atoms with E-state index in [1.807, 2.05) is 11.8 Å². The van der Waals surface area contributed by atoms with Gasteiger partial charge in [-0.15, -0.1) is 0 Å². The number of carbonyl (C=O) groups is 1. The van der Waals surface area contributed by atoms with Crippen LogP contribution < -0.4 is 0 Å². The molecule has 0 spiro atoms. The Morgan fingerprint density at radius 3 is 2.53 bits per heavy atom. The van der Waals surface area contributed by atoms with E-state index in [9.17, 15) is 4.79 Å². The molecule has 0 aliphatic heterocycles. The van der Waals surface area contributed by atoms with Crippen LogP contribution in [0.1, 0.15) is 59.3 Å². The monoisotopic (exact) mass is 241 g/mol. The lowest BCUT2D eigenvalue weighted by atomic mass is 10.1. The Kier molecular flexibility index (Phi) is 6.38. The van der Waals surface area contributed by atoms with Crippen LogP contribution in [0.2, 0.25) is 0 Å². The molecule has 1 fully saturated rings. The minimum atomic E-state index is -0.0978. The summed E-state index contributed by atoms with van der Waals surface area (Å²) in [4.78, 5) is 14.0. The molecule has 1 amide bonds. The first kappa shape index (κ1) is 14.3. The maximum absolute atomic E-state index is 12.0. The lowest BCUT2D eigenvalue weighted by Gasteiger charge is -2.28. The quantitative estimate of drug-likeness (QED) is 0.707. The van der Waals surface area contributed by atoms with Crippen molar-refractivity contribution in [2.75, 3.05) is 13.2 Å². The number of amides is 1. The molecule has 1 saturated carbocycles. The van der Waals surface area contributed by atoms with Crippen molar-refractivity contribution in [2.45, 2.75) is 65.3 Å². The molecule has 0 heterocycles. The van der Waals surface area contributed by atoms with Crippen LogP contribution in [0.15, 0.2) is 0 Å². The molecule has 1 aliphatic rings. The van der Waals surface area contributed by atoms with Crippen LogP contribution in [-0.2, 0) is 4.74 Å². The molecule has 3 nitrogen and oxygen atoms in total. The van der Waals surface area contributed by atoms with Gasteiger partial charge in [0.2, 0.25) is 0 Å². The third kappa shape index (κ3) is 4.97. The Morgan fingerprint density at radius 2 is 2.00 bits per heavy atom. The molecule has 0 atom stereocenters. The van der Waals surface area contributed by atoms with Crippen LogP contribution in [0, 0.1) is 5.92 Å². The highest BCUT2D eigenvalue weighted by Crippen LogP contribution is 2.24. The summed E-state index contributed by atoms with van der Waals surface area (Å²) in [5, 5.41) is 0. The molecule has 0 aromatic heterocycles. The Balaban J connectivity index is 2.47. The average Bonchev–Trinajstić information content (AvgIpc) is 2.79. The fourth-order valence-electron chi connectivity index (χ4n) is 2.31. The second-order valence-corrected chi connectivity index (χ2v) is 5.43. The van der Waals surface area contributed by atoms with Crippen LogP contribution in [-0.4, -0.2) is 30.2 Å². The summed E-state index contributed by atoms with van der Waals surface area (Å²) in [7, 11) is 0. The number of ether oxygens (including phenoxy) is 1. The molecule has 0 aromatic rings. The largest absolute Gasteiger partial charge is 0.449 e. The Bertz CT molecular complexity index is 222. The first-order valence-electron chi connectivity index (χ1n) is 7.08. The van der Waals surface area contributed by atoms with Gasteiger partial charge in [-0.25, -0.2) is 4.79 Å². The van der Waals surface area contributed by atoms with Crippen molar-refractivity contribution in [2.24, 2.45) is 5.92 Å². The van der Waals surface area contributed by atoms with Gasteiger partial charge >= 0.3 is 6.09 Å². The number of nitrogens with zero attached hydrogens (tertiary/aromatic N) is 1. The van der Waals surface area contributed by atoms with Gasteiger partial charge in [0.1, 0.15) is 0 Å². The summed E-state index contributed by atoms with van der Waals surface area (Å²) >= 11 is 0. The fraction of sp³-hybridized carbons (Fsp3) is 0.929. The molecule has 0 bridgehead atoms. The normalized spacial score (nSPS) is 16.5. The van der Waals surface area contributed by atoms with Crippen molar-refractivity contribution in [1.82, 2.24) is 4.90 Å². The van der Waals surface area contributed by atoms with Gasteiger partial charge in [-0.05, 0) is 31.6 Å². The summed E-state index contributed by atoms with van der Waals surface area (Å²) in [5.41, 5.74) is 0. The molecule has 3 heteroatoms. The van der Waals surface area contributed by atoms with Gasteiger partial charge in [0.25, 0.3) is 0 Å². The molecule has 17 heavy (non-hydrogen) atoms. The van der Waals surface area contributed by atoms with Crippen molar-refractivity contribution in [1.29, 1.82) is 0 Å². The lowest BCUT2D eigenvalue weighted by molar-refractivity contribution is 0.0846. The second-order valence-electron chi connectivity index (χ2n) is 5.43. The van der Waals surface area contributed by atoms with Gasteiger partial charge in [-0.2, -0.15) is 0 Å². The van der Waals surface area contributed by atoms with E-state index in [0.717, 1.165) is 32.2 Å². The molecule has 1 aliphatic carbocycles. The molecular weight excluding hydrogens is 214 g/mol. The van der Waals surface area contributed by atoms with Crippen LogP contribution in [0.3, 0.4) is 0 Å². The van der Waals surface area contributed by atoms with Crippen LogP contribution >= 0.6 is 0 Å². The van der Waals surface area contributed by atoms with Gasteiger partial charge in [0.05, 0.1) is 6.61 Å². The van der Waals surface area contributed by atoms with Crippen molar-refractivity contribution in [3.8, 4) is 0 Å². The fourth-order valence-corrected chi connectivity index (χ4v) is 2.31. The van der Waals surface area contributed by atoms with Gasteiger partial charge in [-0.3, -0.25) is 0 Å². The van der Waals surface area contributed by atoms with Crippen molar-refractivity contribution in [3.63, 3.8) is 0 Å². The number of carbonyl (C=O) groups excluding carboxylic acids is 1. The topological polar surface area (TPSA) is 29.5 Å². The SMILES string of the molecule is CCCOC(=O)N(CCC(C)C)C1CCCC1. The van der Waals surface area contributed by atoms with Crippen molar-refractivity contribution >= 4 is 6.09 Å². The third-order valence-corrected chi connectivity index (χ3v) is 3.38. The highest BCUT2D eigenvalue weighted by molar-refractivity contribution is 5.68. The van der Waals surface area contributed by atoms with E-state index >= 15 is 0 Å². The first-order chi connectivity index (χ1) is 8.15. The first-order valence-corrected chi connectivity index (χ1v) is 7.08. The molecule has 0 saturated heterocycles. The van der Waals surface area contributed by atoms with E-state index in [-0.39, 0.29) is 6.09 Å². The van der Waals surface area contributed by atoms with Crippen molar-refractivity contribution < 1.29 is 9.53 Å². The zero-order valence-corrected chi connectivity index (χ0v) is 11.6. The summed E-state index contributed by atoms with van der Waals surface area (Å²) in [6, 6.07) is 0.429. The summed E-state index contributed by atoms with van der Waals surface area (Å²) in [6.07, 6.45) is 6.68.